The summed E-state index contributed by atoms with van der Waals surface area (Å²) < 4.78 is 45.8. The van der Waals surface area contributed by atoms with E-state index in [0.717, 1.165) is 69.2 Å². The number of amides is 1. The molecule has 3 fully saturated rings. The Morgan fingerprint density at radius 1 is 1.07 bits per heavy atom. The lowest BCUT2D eigenvalue weighted by Crippen LogP contribution is -2.52. The van der Waals surface area contributed by atoms with Crippen molar-refractivity contribution < 1.29 is 22.3 Å². The molecule has 2 aromatic rings. The number of nitrogens with one attached hydrogen (secondary N) is 1. The highest BCUT2D eigenvalue weighted by Crippen LogP contribution is 2.32. The first-order valence-corrected chi connectivity index (χ1v) is 17.3. The third kappa shape index (κ3) is 7.53. The second kappa shape index (κ2) is 13.5. The lowest BCUT2D eigenvalue weighted by molar-refractivity contribution is -0.0443. The van der Waals surface area contributed by atoms with Crippen LogP contribution in [0.4, 0.5) is 10.2 Å². The normalized spacial score (nSPS) is 23.1. The van der Waals surface area contributed by atoms with Gasteiger partial charge in [-0.25, -0.2) is 27.1 Å². The van der Waals surface area contributed by atoms with E-state index in [1.54, 1.807) is 26.1 Å². The number of sulfonamides is 1. The van der Waals surface area contributed by atoms with Crippen LogP contribution in [0.1, 0.15) is 78.2 Å². The van der Waals surface area contributed by atoms with Crippen LogP contribution in [0.25, 0.3) is 0 Å². The summed E-state index contributed by atoms with van der Waals surface area (Å²) in [5.74, 6) is 0.339. The van der Waals surface area contributed by atoms with Crippen LogP contribution < -0.4 is 5.32 Å². The Morgan fingerprint density at radius 2 is 1.79 bits per heavy atom. The molecule has 12 heteroatoms. The number of halogens is 1. The summed E-state index contributed by atoms with van der Waals surface area (Å²) in [6, 6.07) is 5.77. The summed E-state index contributed by atoms with van der Waals surface area (Å²) in [6.07, 6.45) is 8.70. The number of piperidine rings is 2. The highest BCUT2D eigenvalue weighted by Gasteiger charge is 2.33. The quantitative estimate of drug-likeness (QED) is 0.476. The summed E-state index contributed by atoms with van der Waals surface area (Å²) in [5.41, 5.74) is 2.63. The van der Waals surface area contributed by atoms with Gasteiger partial charge in [-0.3, -0.25) is 4.79 Å². The van der Waals surface area contributed by atoms with Gasteiger partial charge in [0.05, 0.1) is 18.5 Å². The van der Waals surface area contributed by atoms with E-state index in [9.17, 15) is 17.6 Å². The van der Waals surface area contributed by atoms with Crippen molar-refractivity contribution in [3.05, 3.63) is 52.7 Å². The average Bonchev–Trinajstić information content (AvgIpc) is 3.01. The molecule has 2 atom stereocenters. The van der Waals surface area contributed by atoms with E-state index in [1.807, 2.05) is 17.9 Å². The van der Waals surface area contributed by atoms with E-state index in [-0.39, 0.29) is 30.0 Å². The molecule has 0 unspecified atom stereocenters. The zero-order valence-corrected chi connectivity index (χ0v) is 26.6. The number of aromatic nitrogens is 2. The molecule has 1 N–H and O–H groups in total. The standard InChI is InChI=1S/C31H45FN6O4S/c1-21-8-9-23(18-27(21)32)28-7-5-6-26(42-28)19-33-30-22(2)29(34-20-35-30)31(39)38-16-12-25(13-17-38)37-14-10-24(11-15-37)36(3)43(4,40)41/h8-9,18,20,24-26,28H,5-7,10-17,19H2,1-4H3,(H,33,34,35)/t26-,28+/m0/s1. The van der Waals surface area contributed by atoms with E-state index < -0.39 is 10.0 Å². The molecule has 1 aromatic carbocycles. The smallest absolute Gasteiger partial charge is 0.272 e. The van der Waals surface area contributed by atoms with Crippen molar-refractivity contribution >= 4 is 21.7 Å². The van der Waals surface area contributed by atoms with Gasteiger partial charge >= 0.3 is 0 Å². The number of carbonyl (C=O) groups excluding carboxylic acids is 1. The largest absolute Gasteiger partial charge is 0.368 e. The molecule has 5 rings (SSSR count). The number of benzene rings is 1. The molecule has 0 saturated carbocycles. The second-order valence-corrected chi connectivity index (χ2v) is 14.4. The first-order chi connectivity index (χ1) is 20.5. The van der Waals surface area contributed by atoms with Crippen LogP contribution in [0, 0.1) is 19.7 Å². The van der Waals surface area contributed by atoms with Crippen LogP contribution in [0.5, 0.6) is 0 Å². The predicted octanol–water partition coefficient (Wildman–Crippen LogP) is 3.92. The molecule has 43 heavy (non-hydrogen) atoms. The molecule has 10 nitrogen and oxygen atoms in total. The molecular weight excluding hydrogens is 571 g/mol. The SMILES string of the molecule is Cc1ccc([C@H]2CCC[C@@H](CNc3ncnc(C(=O)N4CCC(N5CCC(N(C)S(C)(=O)=O)CC5)CC4)c3C)O2)cc1F. The van der Waals surface area contributed by atoms with Crippen molar-refractivity contribution in [2.75, 3.05) is 51.3 Å². The lowest BCUT2D eigenvalue weighted by atomic mass is 9.97. The monoisotopic (exact) mass is 616 g/mol. The molecule has 4 heterocycles. The highest BCUT2D eigenvalue weighted by atomic mass is 32.2. The fourth-order valence-corrected chi connectivity index (χ4v) is 7.38. The minimum Gasteiger partial charge on any atom is -0.368 e. The number of hydrogen-bond donors (Lipinski definition) is 1. The summed E-state index contributed by atoms with van der Waals surface area (Å²) in [5, 5.41) is 3.38. The summed E-state index contributed by atoms with van der Waals surface area (Å²) in [6.45, 7) is 7.24. The Hall–Kier alpha value is -2.67. The van der Waals surface area contributed by atoms with E-state index in [2.05, 4.69) is 20.2 Å². The zero-order valence-electron chi connectivity index (χ0n) is 25.8. The average molecular weight is 617 g/mol. The number of ether oxygens (including phenoxy) is 1. The fourth-order valence-electron chi connectivity index (χ4n) is 6.63. The van der Waals surface area contributed by atoms with Crippen molar-refractivity contribution in [1.29, 1.82) is 0 Å². The van der Waals surface area contributed by atoms with Crippen LogP contribution >= 0.6 is 0 Å². The number of carbonyl (C=O) groups is 1. The molecule has 0 spiro atoms. The topological polar surface area (TPSA) is 108 Å². The van der Waals surface area contributed by atoms with Gasteiger partial charge in [0.15, 0.2) is 0 Å². The molecule has 3 aliphatic heterocycles. The minimum absolute atomic E-state index is 0.0486. The van der Waals surface area contributed by atoms with Crippen molar-refractivity contribution in [3.8, 4) is 0 Å². The van der Waals surface area contributed by atoms with Gasteiger partial charge in [0.1, 0.15) is 23.7 Å². The van der Waals surface area contributed by atoms with E-state index >= 15 is 0 Å². The van der Waals surface area contributed by atoms with Crippen molar-refractivity contribution in [2.45, 2.75) is 83.1 Å². The number of likely N-dealkylation sites (tertiary alicyclic amines) is 2. The second-order valence-electron chi connectivity index (χ2n) is 12.3. The lowest BCUT2D eigenvalue weighted by Gasteiger charge is -2.43. The third-order valence-electron chi connectivity index (χ3n) is 9.51. The van der Waals surface area contributed by atoms with Crippen molar-refractivity contribution in [3.63, 3.8) is 0 Å². The molecule has 236 valence electrons. The van der Waals surface area contributed by atoms with Gasteiger partial charge in [0, 0.05) is 44.3 Å². The summed E-state index contributed by atoms with van der Waals surface area (Å²) >= 11 is 0. The highest BCUT2D eigenvalue weighted by molar-refractivity contribution is 7.88. The molecule has 0 aliphatic carbocycles. The summed E-state index contributed by atoms with van der Waals surface area (Å²) in [7, 11) is -1.51. The number of nitrogens with zero attached hydrogens (tertiary/aromatic N) is 5. The Kier molecular flexibility index (Phi) is 10.00. The zero-order chi connectivity index (χ0) is 30.7. The van der Waals surface area contributed by atoms with Gasteiger partial charge in [-0.2, -0.15) is 0 Å². The molecule has 3 saturated heterocycles. The summed E-state index contributed by atoms with van der Waals surface area (Å²) in [4.78, 5) is 26.6. The van der Waals surface area contributed by atoms with E-state index in [4.69, 9.17) is 4.74 Å². The molecule has 0 bridgehead atoms. The molecule has 0 radical (unpaired) electrons. The van der Waals surface area contributed by atoms with Gasteiger partial charge < -0.3 is 19.9 Å². The molecular formula is C31H45FN6O4S. The third-order valence-corrected chi connectivity index (χ3v) is 10.8. The van der Waals surface area contributed by atoms with Gasteiger partial charge in [-0.05, 0) is 89.1 Å². The van der Waals surface area contributed by atoms with Crippen LogP contribution in [-0.4, -0.2) is 103 Å². The van der Waals surface area contributed by atoms with Gasteiger partial charge in [0.25, 0.3) is 5.91 Å². The Balaban J connectivity index is 1.12. The maximum Gasteiger partial charge on any atom is 0.272 e. The Morgan fingerprint density at radius 3 is 2.47 bits per heavy atom. The Labute approximate surface area is 255 Å². The van der Waals surface area contributed by atoms with Crippen LogP contribution in [0.3, 0.4) is 0 Å². The minimum atomic E-state index is -3.18. The maximum atomic E-state index is 14.1. The number of hydrogen-bond acceptors (Lipinski definition) is 8. The van der Waals surface area contributed by atoms with Gasteiger partial charge in [0.2, 0.25) is 10.0 Å². The van der Waals surface area contributed by atoms with Crippen LogP contribution in [-0.2, 0) is 14.8 Å². The fraction of sp³-hybridized carbons (Fsp3) is 0.645. The first-order valence-electron chi connectivity index (χ1n) is 15.4. The van der Waals surface area contributed by atoms with Crippen molar-refractivity contribution in [2.24, 2.45) is 0 Å². The van der Waals surface area contributed by atoms with E-state index in [0.29, 0.717) is 42.8 Å². The Bertz CT molecular complexity index is 1390. The number of anilines is 1. The maximum absolute atomic E-state index is 14.1. The number of rotatable bonds is 8. The van der Waals surface area contributed by atoms with E-state index in [1.165, 1.54) is 16.9 Å². The molecule has 1 aromatic heterocycles. The van der Waals surface area contributed by atoms with Crippen molar-refractivity contribution in [1.82, 2.24) is 24.1 Å². The van der Waals surface area contributed by atoms with Gasteiger partial charge in [-0.1, -0.05) is 12.1 Å². The molecule has 3 aliphatic rings. The van der Waals surface area contributed by atoms with Crippen LogP contribution in [0.2, 0.25) is 0 Å². The predicted molar refractivity (Wildman–Crippen MR) is 164 cm³/mol. The van der Waals surface area contributed by atoms with Crippen LogP contribution in [0.15, 0.2) is 24.5 Å². The number of aryl methyl sites for hydroxylation is 1. The van der Waals surface area contributed by atoms with Gasteiger partial charge in [-0.15, -0.1) is 0 Å². The molecule has 1 amide bonds. The first kappa shape index (κ1) is 31.7.